The van der Waals surface area contributed by atoms with Crippen LogP contribution in [0.25, 0.3) is 28.2 Å². The van der Waals surface area contributed by atoms with E-state index in [0.717, 1.165) is 47.4 Å². The number of nitrogens with zero attached hydrogens (tertiary/aromatic N) is 1. The molecule has 0 N–H and O–H groups in total. The van der Waals surface area contributed by atoms with Crippen LogP contribution in [0.4, 0.5) is 0 Å². The average Bonchev–Trinajstić information content (AvgIpc) is 3.52. The number of hydrogen-bond acceptors (Lipinski definition) is 5. The highest BCUT2D eigenvalue weighted by Gasteiger charge is 2.22. The Balaban J connectivity index is 1.48. The molecule has 0 bridgehead atoms. The predicted octanol–water partition coefficient (Wildman–Crippen LogP) is 5.32. The summed E-state index contributed by atoms with van der Waals surface area (Å²) in [4.78, 5) is 15.7. The third-order valence-electron chi connectivity index (χ3n) is 5.99. The molecule has 0 amide bonds. The Hall–Kier alpha value is -4.12. The number of aliphatic carboxylic acids is 1. The maximum atomic E-state index is 10.7. The van der Waals surface area contributed by atoms with Crippen LogP contribution in [-0.4, -0.2) is 17.6 Å². The first-order valence-electron chi connectivity index (χ1n) is 11.4. The van der Waals surface area contributed by atoms with Gasteiger partial charge in [0.25, 0.3) is 0 Å². The zero-order chi connectivity index (χ0) is 23.3. The fraction of sp³-hybridized carbons (Fsp3) is 0.172. The second-order valence-electron chi connectivity index (χ2n) is 8.32. The lowest BCUT2D eigenvalue weighted by molar-refractivity contribution is -0.307. The molecule has 1 aromatic heterocycles. The second kappa shape index (κ2) is 9.79. The van der Waals surface area contributed by atoms with Crippen LogP contribution < -0.4 is 9.84 Å². The van der Waals surface area contributed by atoms with Crippen molar-refractivity contribution >= 4 is 11.5 Å². The van der Waals surface area contributed by atoms with E-state index in [0.29, 0.717) is 18.1 Å². The molecule has 5 nitrogen and oxygen atoms in total. The van der Waals surface area contributed by atoms with E-state index in [1.54, 1.807) is 6.07 Å². The fourth-order valence-electron chi connectivity index (χ4n) is 4.47. The first-order chi connectivity index (χ1) is 16.7. The summed E-state index contributed by atoms with van der Waals surface area (Å²) in [5, 5.41) is 10.7. The summed E-state index contributed by atoms with van der Waals surface area (Å²) in [6, 6.07) is 27.7. The summed E-state index contributed by atoms with van der Waals surface area (Å²) in [6.07, 6.45) is 3.62. The summed E-state index contributed by atoms with van der Waals surface area (Å²) in [5.74, 6) is 0.754. The van der Waals surface area contributed by atoms with Gasteiger partial charge in [0.15, 0.2) is 11.7 Å². The first-order valence-corrected chi connectivity index (χ1v) is 11.4. The predicted molar refractivity (Wildman–Crippen MR) is 129 cm³/mol. The van der Waals surface area contributed by atoms with Crippen molar-refractivity contribution in [2.75, 3.05) is 6.61 Å². The van der Waals surface area contributed by atoms with Gasteiger partial charge in [-0.2, -0.15) is 0 Å². The Morgan fingerprint density at radius 2 is 1.59 bits per heavy atom. The number of carbonyl (C=O) groups excluding carboxylic acids is 1. The van der Waals surface area contributed by atoms with Gasteiger partial charge in [-0.05, 0) is 42.5 Å². The zero-order valence-corrected chi connectivity index (χ0v) is 18.7. The van der Waals surface area contributed by atoms with Crippen molar-refractivity contribution < 1.29 is 19.1 Å². The number of oxazole rings is 1. The molecule has 170 valence electrons. The van der Waals surface area contributed by atoms with Crippen molar-refractivity contribution in [3.8, 4) is 28.3 Å². The number of benzene rings is 3. The second-order valence-corrected chi connectivity index (χ2v) is 8.32. The van der Waals surface area contributed by atoms with Gasteiger partial charge in [-0.1, -0.05) is 78.4 Å². The molecule has 34 heavy (non-hydrogen) atoms. The molecule has 5 heteroatoms. The Labute approximate surface area is 198 Å². The molecule has 1 aliphatic rings. The van der Waals surface area contributed by atoms with E-state index in [4.69, 9.17) is 14.1 Å². The van der Waals surface area contributed by atoms with Gasteiger partial charge in [0.1, 0.15) is 18.1 Å². The normalized spacial score (nSPS) is 13.3. The third kappa shape index (κ3) is 4.79. The molecule has 1 heterocycles. The maximum Gasteiger partial charge on any atom is 0.199 e. The standard InChI is InChI=1S/C29H25NO4/c31-27(32)19-33-24-15-7-13-22(17-24)25-16-8-14-23(25)18-26-30-28(20-9-3-1-4-10-20)29(34-26)21-11-5-2-6-12-21/h1-7,9-13,15,17H,8,14,16,18-19H2,(H,31,32)/p-1. The number of aromatic nitrogens is 1. The van der Waals surface area contributed by atoms with Gasteiger partial charge in [0.05, 0.1) is 5.97 Å². The number of hydrogen-bond donors (Lipinski definition) is 0. The van der Waals surface area contributed by atoms with E-state index in [1.807, 2.05) is 78.9 Å². The molecular weight excluding hydrogens is 426 g/mol. The molecule has 4 aromatic rings. The smallest absolute Gasteiger partial charge is 0.199 e. The highest BCUT2D eigenvalue weighted by molar-refractivity contribution is 5.77. The SMILES string of the molecule is O=C([O-])COc1cccc(C2=C(Cc3nc(-c4ccccc4)c(-c4ccccc4)o3)CCC2)c1. The molecular formula is C29H24NO4-. The van der Waals surface area contributed by atoms with Crippen LogP contribution >= 0.6 is 0 Å². The Morgan fingerprint density at radius 3 is 2.32 bits per heavy atom. The van der Waals surface area contributed by atoms with E-state index in [2.05, 4.69) is 0 Å². The highest BCUT2D eigenvalue weighted by atomic mass is 16.5. The lowest BCUT2D eigenvalue weighted by Crippen LogP contribution is -2.28. The van der Waals surface area contributed by atoms with E-state index < -0.39 is 12.6 Å². The Kier molecular flexibility index (Phi) is 6.25. The van der Waals surface area contributed by atoms with Gasteiger partial charge in [-0.15, -0.1) is 0 Å². The van der Waals surface area contributed by atoms with Gasteiger partial charge in [-0.3, -0.25) is 0 Å². The fourth-order valence-corrected chi connectivity index (χ4v) is 4.47. The van der Waals surface area contributed by atoms with Crippen LogP contribution in [0, 0.1) is 0 Å². The van der Waals surface area contributed by atoms with Crippen LogP contribution in [0.3, 0.4) is 0 Å². The molecule has 5 rings (SSSR count). The van der Waals surface area contributed by atoms with Crippen LogP contribution in [0.15, 0.2) is 94.9 Å². The van der Waals surface area contributed by atoms with Crippen LogP contribution in [0.5, 0.6) is 5.75 Å². The van der Waals surface area contributed by atoms with E-state index in [1.165, 1.54) is 11.1 Å². The Morgan fingerprint density at radius 1 is 0.882 bits per heavy atom. The van der Waals surface area contributed by atoms with E-state index >= 15 is 0 Å². The van der Waals surface area contributed by atoms with Gasteiger partial charge < -0.3 is 19.1 Å². The summed E-state index contributed by atoms with van der Waals surface area (Å²) < 4.78 is 11.7. The van der Waals surface area contributed by atoms with Crippen LogP contribution in [0.1, 0.15) is 30.7 Å². The zero-order valence-electron chi connectivity index (χ0n) is 18.7. The Bertz CT molecular complexity index is 1270. The number of rotatable bonds is 8. The molecule has 0 fully saturated rings. The molecule has 0 aliphatic heterocycles. The van der Waals surface area contributed by atoms with Gasteiger partial charge in [-0.25, -0.2) is 4.98 Å². The van der Waals surface area contributed by atoms with E-state index in [9.17, 15) is 9.90 Å². The minimum absolute atomic E-state index is 0.462. The lowest BCUT2D eigenvalue weighted by Gasteiger charge is -2.10. The molecule has 3 aromatic carbocycles. The van der Waals surface area contributed by atoms with Crippen molar-refractivity contribution in [1.29, 1.82) is 0 Å². The molecule has 0 spiro atoms. The molecule has 0 saturated heterocycles. The van der Waals surface area contributed by atoms with Gasteiger partial charge in [0, 0.05) is 17.5 Å². The quantitative estimate of drug-likeness (QED) is 0.363. The first kappa shape index (κ1) is 21.7. The molecule has 0 unspecified atom stereocenters. The van der Waals surface area contributed by atoms with Crippen molar-refractivity contribution in [3.63, 3.8) is 0 Å². The average molecular weight is 451 g/mol. The lowest BCUT2D eigenvalue weighted by atomic mass is 10.00. The third-order valence-corrected chi connectivity index (χ3v) is 5.99. The number of carboxylic acids is 1. The van der Waals surface area contributed by atoms with E-state index in [-0.39, 0.29) is 0 Å². The summed E-state index contributed by atoms with van der Waals surface area (Å²) in [6.45, 7) is -0.462. The number of carbonyl (C=O) groups is 1. The van der Waals surface area contributed by atoms with Crippen molar-refractivity contribution in [3.05, 3.63) is 102 Å². The van der Waals surface area contributed by atoms with Gasteiger partial charge >= 0.3 is 0 Å². The summed E-state index contributed by atoms with van der Waals surface area (Å²) >= 11 is 0. The highest BCUT2D eigenvalue weighted by Crippen LogP contribution is 2.38. The number of allylic oxidation sites excluding steroid dienone is 2. The molecule has 0 radical (unpaired) electrons. The van der Waals surface area contributed by atoms with Crippen LogP contribution in [-0.2, 0) is 11.2 Å². The number of carboxylic acid groups (broad SMARTS) is 1. The van der Waals surface area contributed by atoms with Crippen LogP contribution in [0.2, 0.25) is 0 Å². The van der Waals surface area contributed by atoms with Gasteiger partial charge in [0.2, 0.25) is 0 Å². The van der Waals surface area contributed by atoms with Crippen molar-refractivity contribution in [2.24, 2.45) is 0 Å². The summed E-state index contributed by atoms with van der Waals surface area (Å²) in [7, 11) is 0. The van der Waals surface area contributed by atoms with Crippen molar-refractivity contribution in [2.45, 2.75) is 25.7 Å². The molecule has 1 aliphatic carbocycles. The topological polar surface area (TPSA) is 75.4 Å². The molecule has 0 atom stereocenters. The largest absolute Gasteiger partial charge is 0.546 e. The monoisotopic (exact) mass is 450 g/mol. The van der Waals surface area contributed by atoms with Crippen molar-refractivity contribution in [1.82, 2.24) is 4.98 Å². The minimum Gasteiger partial charge on any atom is -0.546 e. The molecule has 0 saturated carbocycles. The maximum absolute atomic E-state index is 10.7. The number of ether oxygens (including phenoxy) is 1. The minimum atomic E-state index is -1.24. The summed E-state index contributed by atoms with van der Waals surface area (Å²) in [5.41, 5.74) is 6.45.